The van der Waals surface area contributed by atoms with Crippen molar-refractivity contribution in [1.82, 2.24) is 4.31 Å². The molecule has 1 heterocycles. The Morgan fingerprint density at radius 3 is 2.45 bits per heavy atom. The molecule has 7 heteroatoms. The highest BCUT2D eigenvalue weighted by atomic mass is 32.2. The van der Waals surface area contributed by atoms with Crippen LogP contribution in [-0.2, 0) is 14.8 Å². The van der Waals surface area contributed by atoms with Crippen LogP contribution in [0.25, 0.3) is 0 Å². The molecule has 0 spiro atoms. The van der Waals surface area contributed by atoms with Gasteiger partial charge in [0.25, 0.3) is 0 Å². The number of fused-ring (bicyclic) bond motifs is 1. The van der Waals surface area contributed by atoms with Crippen LogP contribution < -0.4 is 10.6 Å². The van der Waals surface area contributed by atoms with Gasteiger partial charge in [-0.1, -0.05) is 13.8 Å². The van der Waals surface area contributed by atoms with Gasteiger partial charge in [-0.25, -0.2) is 8.42 Å². The number of carbonyl (C=O) groups is 1. The fourth-order valence-electron chi connectivity index (χ4n) is 2.17. The molecule has 0 saturated carbocycles. The van der Waals surface area contributed by atoms with Gasteiger partial charge in [-0.3, -0.25) is 4.79 Å². The van der Waals surface area contributed by atoms with Crippen LogP contribution in [0.5, 0.6) is 0 Å². The Hall–Kier alpha value is -1.60. The predicted molar refractivity (Wildman–Crippen MR) is 78.3 cm³/mol. The van der Waals surface area contributed by atoms with Crippen molar-refractivity contribution in [1.29, 1.82) is 0 Å². The van der Waals surface area contributed by atoms with E-state index in [0.717, 1.165) is 5.69 Å². The van der Waals surface area contributed by atoms with Crippen molar-refractivity contribution in [3.63, 3.8) is 0 Å². The first-order valence-corrected chi connectivity index (χ1v) is 8.05. The van der Waals surface area contributed by atoms with Crippen LogP contribution in [0.4, 0.5) is 11.4 Å². The zero-order valence-corrected chi connectivity index (χ0v) is 12.6. The Balaban J connectivity index is 2.42. The van der Waals surface area contributed by atoms with Gasteiger partial charge in [0.05, 0.1) is 16.3 Å². The lowest BCUT2D eigenvalue weighted by atomic mass is 10.1. The summed E-state index contributed by atoms with van der Waals surface area (Å²) in [4.78, 5) is 11.8. The molecule has 0 saturated heterocycles. The molecule has 1 atom stereocenters. The first-order valence-electron chi connectivity index (χ1n) is 6.61. The molecule has 0 bridgehead atoms. The Morgan fingerprint density at radius 2 is 1.85 bits per heavy atom. The molecular formula is C13H19N3O3S. The second kappa shape index (κ2) is 5.41. The number of hydrogen-bond donors (Lipinski definition) is 2. The van der Waals surface area contributed by atoms with Crippen molar-refractivity contribution in [2.24, 2.45) is 0 Å². The molecule has 0 fully saturated rings. The van der Waals surface area contributed by atoms with Crippen molar-refractivity contribution >= 4 is 27.3 Å². The van der Waals surface area contributed by atoms with Crippen molar-refractivity contribution in [3.8, 4) is 0 Å². The van der Waals surface area contributed by atoms with Crippen LogP contribution in [0.1, 0.15) is 20.8 Å². The van der Waals surface area contributed by atoms with Gasteiger partial charge >= 0.3 is 0 Å². The van der Waals surface area contributed by atoms with E-state index < -0.39 is 10.0 Å². The van der Waals surface area contributed by atoms with Gasteiger partial charge in [0.1, 0.15) is 6.04 Å². The van der Waals surface area contributed by atoms with Crippen LogP contribution in [0, 0.1) is 0 Å². The molecule has 110 valence electrons. The molecule has 6 nitrogen and oxygen atoms in total. The number of nitrogens with one attached hydrogen (secondary N) is 2. The summed E-state index contributed by atoms with van der Waals surface area (Å²) in [5.74, 6) is -0.171. The van der Waals surface area contributed by atoms with E-state index >= 15 is 0 Å². The summed E-state index contributed by atoms with van der Waals surface area (Å²) in [6.45, 7) is 6.17. The predicted octanol–water partition coefficient (Wildman–Crippen LogP) is 1.47. The fraction of sp³-hybridized carbons (Fsp3) is 0.462. The molecule has 1 aromatic carbocycles. The third-order valence-corrected chi connectivity index (χ3v) is 5.40. The summed E-state index contributed by atoms with van der Waals surface area (Å²) in [6, 6.07) is 4.42. The van der Waals surface area contributed by atoms with E-state index in [1.807, 2.05) is 0 Å². The third-order valence-electron chi connectivity index (χ3n) is 3.36. The number of sulfonamides is 1. The Morgan fingerprint density at radius 1 is 1.20 bits per heavy atom. The van der Waals surface area contributed by atoms with Crippen LogP contribution >= 0.6 is 0 Å². The van der Waals surface area contributed by atoms with Gasteiger partial charge in [-0.15, -0.1) is 0 Å². The highest BCUT2D eigenvalue weighted by Crippen LogP contribution is 2.30. The number of carbonyl (C=O) groups excluding carboxylic acids is 1. The molecule has 2 rings (SSSR count). The normalized spacial score (nSPS) is 18.4. The number of amides is 1. The number of hydrogen-bond acceptors (Lipinski definition) is 4. The summed E-state index contributed by atoms with van der Waals surface area (Å²) in [5, 5.41) is 5.74. The summed E-state index contributed by atoms with van der Waals surface area (Å²) < 4.78 is 26.2. The minimum absolute atomic E-state index is 0.171. The smallest absolute Gasteiger partial charge is 0.246 e. The monoisotopic (exact) mass is 297 g/mol. The van der Waals surface area contributed by atoms with Crippen LogP contribution in [0.15, 0.2) is 23.1 Å². The highest BCUT2D eigenvalue weighted by Gasteiger charge is 2.26. The SMILES string of the molecule is CCN(CC)S(=O)(=O)c1ccc2c(c1)NC(=O)C(C)N2. The topological polar surface area (TPSA) is 78.5 Å². The van der Waals surface area contributed by atoms with Crippen LogP contribution in [0.2, 0.25) is 0 Å². The molecule has 1 aromatic rings. The van der Waals surface area contributed by atoms with E-state index in [0.29, 0.717) is 18.8 Å². The average Bonchev–Trinajstić information content (AvgIpc) is 2.40. The van der Waals surface area contributed by atoms with Gasteiger partial charge in [-0.05, 0) is 25.1 Å². The highest BCUT2D eigenvalue weighted by molar-refractivity contribution is 7.89. The van der Waals surface area contributed by atoms with Crippen molar-refractivity contribution < 1.29 is 13.2 Å². The van der Waals surface area contributed by atoms with E-state index in [-0.39, 0.29) is 16.8 Å². The summed E-state index contributed by atoms with van der Waals surface area (Å²) in [5.41, 5.74) is 1.23. The average molecular weight is 297 g/mol. The van der Waals surface area contributed by atoms with Crippen molar-refractivity contribution in [2.75, 3.05) is 23.7 Å². The molecule has 0 aliphatic carbocycles. The van der Waals surface area contributed by atoms with Crippen LogP contribution in [-0.4, -0.2) is 37.8 Å². The fourth-order valence-corrected chi connectivity index (χ4v) is 3.65. The molecule has 20 heavy (non-hydrogen) atoms. The molecule has 1 aliphatic heterocycles. The second-order valence-electron chi connectivity index (χ2n) is 4.65. The Bertz CT molecular complexity index is 624. The molecule has 1 unspecified atom stereocenters. The second-order valence-corrected chi connectivity index (χ2v) is 6.59. The molecule has 2 N–H and O–H groups in total. The standard InChI is InChI=1S/C13H19N3O3S/c1-4-16(5-2)20(18,19)10-6-7-11-12(8-10)15-13(17)9(3)14-11/h6-9,14H,4-5H2,1-3H3,(H,15,17). The molecule has 0 aromatic heterocycles. The van der Waals surface area contributed by atoms with E-state index in [1.165, 1.54) is 10.4 Å². The van der Waals surface area contributed by atoms with Crippen LogP contribution in [0.3, 0.4) is 0 Å². The van der Waals surface area contributed by atoms with E-state index in [9.17, 15) is 13.2 Å². The van der Waals surface area contributed by atoms with E-state index in [1.54, 1.807) is 32.9 Å². The number of anilines is 2. The number of rotatable bonds is 4. The maximum absolute atomic E-state index is 12.4. The number of benzene rings is 1. The Kier molecular flexibility index (Phi) is 4.01. The molecule has 0 radical (unpaired) electrons. The molecule has 1 amide bonds. The zero-order chi connectivity index (χ0) is 14.9. The minimum Gasteiger partial charge on any atom is -0.372 e. The maximum Gasteiger partial charge on any atom is 0.246 e. The lowest BCUT2D eigenvalue weighted by molar-refractivity contribution is -0.116. The van der Waals surface area contributed by atoms with Crippen molar-refractivity contribution in [3.05, 3.63) is 18.2 Å². The summed E-state index contributed by atoms with van der Waals surface area (Å²) in [6.07, 6.45) is 0. The first-order chi connectivity index (χ1) is 9.40. The van der Waals surface area contributed by atoms with Gasteiger partial charge in [0.15, 0.2) is 0 Å². The van der Waals surface area contributed by atoms with Gasteiger partial charge in [0, 0.05) is 13.1 Å². The van der Waals surface area contributed by atoms with Gasteiger partial charge in [-0.2, -0.15) is 4.31 Å². The zero-order valence-electron chi connectivity index (χ0n) is 11.8. The maximum atomic E-state index is 12.4. The summed E-state index contributed by atoms with van der Waals surface area (Å²) >= 11 is 0. The van der Waals surface area contributed by atoms with Crippen molar-refractivity contribution in [2.45, 2.75) is 31.7 Å². The number of nitrogens with zero attached hydrogens (tertiary/aromatic N) is 1. The molecule has 1 aliphatic rings. The van der Waals surface area contributed by atoms with Gasteiger partial charge < -0.3 is 10.6 Å². The first kappa shape index (κ1) is 14.8. The summed E-state index contributed by atoms with van der Waals surface area (Å²) in [7, 11) is -3.51. The van der Waals surface area contributed by atoms with E-state index in [4.69, 9.17) is 0 Å². The third kappa shape index (κ3) is 2.51. The van der Waals surface area contributed by atoms with Gasteiger partial charge in [0.2, 0.25) is 15.9 Å². The lowest BCUT2D eigenvalue weighted by Crippen LogP contribution is -2.36. The van der Waals surface area contributed by atoms with E-state index in [2.05, 4.69) is 10.6 Å². The molecular weight excluding hydrogens is 278 g/mol. The lowest BCUT2D eigenvalue weighted by Gasteiger charge is -2.25. The quantitative estimate of drug-likeness (QED) is 0.882. The largest absolute Gasteiger partial charge is 0.372 e. The Labute approximate surface area is 119 Å². The minimum atomic E-state index is -3.51.